The van der Waals surface area contributed by atoms with Crippen LogP contribution in [0.25, 0.3) is 0 Å². The number of thioether (sulfide) groups is 1. The normalized spacial score (nSPS) is 10.6. The molecule has 0 saturated heterocycles. The quantitative estimate of drug-likeness (QED) is 0.679. The van der Waals surface area contributed by atoms with Crippen molar-refractivity contribution in [1.82, 2.24) is 9.78 Å². The highest BCUT2D eigenvalue weighted by atomic mass is 32.2. The van der Waals surface area contributed by atoms with Crippen molar-refractivity contribution in [2.24, 2.45) is 0 Å². The predicted molar refractivity (Wildman–Crippen MR) is 79.9 cm³/mol. The van der Waals surface area contributed by atoms with Crippen LogP contribution >= 0.6 is 11.8 Å². The fraction of sp³-hybridized carbons (Fsp3) is 0.286. The molecule has 0 radical (unpaired) electrons. The van der Waals surface area contributed by atoms with Gasteiger partial charge >= 0.3 is 5.97 Å². The van der Waals surface area contributed by atoms with Crippen LogP contribution in [0.1, 0.15) is 22.8 Å². The summed E-state index contributed by atoms with van der Waals surface area (Å²) >= 11 is 1.31. The third kappa shape index (κ3) is 3.36. The number of nitrogen functional groups attached to an aromatic ring is 1. The molecule has 1 aromatic carbocycles. The van der Waals surface area contributed by atoms with Gasteiger partial charge in [-0.1, -0.05) is 12.1 Å². The van der Waals surface area contributed by atoms with Crippen molar-refractivity contribution in [2.45, 2.75) is 18.5 Å². The second-order valence-corrected chi connectivity index (χ2v) is 5.07. The van der Waals surface area contributed by atoms with Gasteiger partial charge in [-0.3, -0.25) is 0 Å². The summed E-state index contributed by atoms with van der Waals surface area (Å²) in [5.41, 5.74) is 6.97. The van der Waals surface area contributed by atoms with Crippen molar-refractivity contribution in [3.05, 3.63) is 41.2 Å². The van der Waals surface area contributed by atoms with Gasteiger partial charge in [0.2, 0.25) is 0 Å². The summed E-state index contributed by atoms with van der Waals surface area (Å²) in [5, 5.41) is 4.79. The van der Waals surface area contributed by atoms with Crippen LogP contribution in [-0.2, 0) is 11.3 Å². The Balaban J connectivity index is 2.35. The van der Waals surface area contributed by atoms with Crippen LogP contribution in [-0.4, -0.2) is 28.6 Å². The lowest BCUT2D eigenvalue weighted by Gasteiger charge is -2.05. The Kier molecular flexibility index (Phi) is 4.85. The number of rotatable bonds is 5. The zero-order valence-corrected chi connectivity index (χ0v) is 12.6. The van der Waals surface area contributed by atoms with Crippen LogP contribution in [0.3, 0.4) is 0 Å². The molecular weight excluding hydrogens is 293 g/mol. The molecule has 2 aromatic rings. The van der Waals surface area contributed by atoms with E-state index in [0.717, 1.165) is 0 Å². The lowest BCUT2D eigenvalue weighted by molar-refractivity contribution is 0.0523. The van der Waals surface area contributed by atoms with Crippen molar-refractivity contribution in [3.63, 3.8) is 0 Å². The molecule has 21 heavy (non-hydrogen) atoms. The molecule has 0 aliphatic carbocycles. The fourth-order valence-corrected chi connectivity index (χ4v) is 2.49. The van der Waals surface area contributed by atoms with E-state index in [0.29, 0.717) is 10.6 Å². The molecule has 2 N–H and O–H groups in total. The number of ether oxygens (including phenoxy) is 1. The molecule has 0 atom stereocenters. The number of nitrogens with zero attached hydrogens (tertiary/aromatic N) is 2. The fourth-order valence-electron chi connectivity index (χ4n) is 1.92. The summed E-state index contributed by atoms with van der Waals surface area (Å²) in [5.74, 6) is -0.596. The maximum Gasteiger partial charge on any atom is 0.344 e. The number of esters is 1. The highest BCUT2D eigenvalue weighted by Gasteiger charge is 2.22. The molecule has 0 saturated carbocycles. The van der Waals surface area contributed by atoms with E-state index in [1.807, 2.05) is 0 Å². The van der Waals surface area contributed by atoms with Gasteiger partial charge in [-0.05, 0) is 30.9 Å². The molecule has 0 aliphatic rings. The summed E-state index contributed by atoms with van der Waals surface area (Å²) in [6.07, 6.45) is 1.80. The average molecular weight is 309 g/mol. The Morgan fingerprint density at radius 1 is 1.52 bits per heavy atom. The number of hydrogen-bond acceptors (Lipinski definition) is 5. The molecule has 0 bridgehead atoms. The molecule has 112 valence electrons. The van der Waals surface area contributed by atoms with E-state index in [4.69, 9.17) is 10.5 Å². The molecule has 7 heteroatoms. The Hall–Kier alpha value is -2.02. The zero-order chi connectivity index (χ0) is 15.4. The first-order valence-electron chi connectivity index (χ1n) is 6.38. The van der Waals surface area contributed by atoms with Gasteiger partial charge in [0, 0.05) is 0 Å². The minimum absolute atomic E-state index is 0.224. The van der Waals surface area contributed by atoms with Gasteiger partial charge in [0.1, 0.15) is 22.2 Å². The first-order chi connectivity index (χ1) is 10.1. The Morgan fingerprint density at radius 3 is 2.90 bits per heavy atom. The van der Waals surface area contributed by atoms with Crippen molar-refractivity contribution >= 4 is 23.5 Å². The molecule has 2 rings (SSSR count). The summed E-state index contributed by atoms with van der Waals surface area (Å²) in [4.78, 5) is 11.9. The molecule has 0 fully saturated rings. The van der Waals surface area contributed by atoms with Crippen LogP contribution < -0.4 is 5.73 Å². The smallest absolute Gasteiger partial charge is 0.344 e. The van der Waals surface area contributed by atoms with Crippen LogP contribution in [0, 0.1) is 5.82 Å². The van der Waals surface area contributed by atoms with Crippen molar-refractivity contribution in [3.8, 4) is 0 Å². The number of halogens is 1. The number of carbonyl (C=O) groups is 1. The zero-order valence-electron chi connectivity index (χ0n) is 11.8. The van der Waals surface area contributed by atoms with Gasteiger partial charge < -0.3 is 10.5 Å². The van der Waals surface area contributed by atoms with E-state index in [2.05, 4.69) is 5.10 Å². The monoisotopic (exact) mass is 309 g/mol. The summed E-state index contributed by atoms with van der Waals surface area (Å²) < 4.78 is 19.7. The van der Waals surface area contributed by atoms with E-state index in [-0.39, 0.29) is 30.4 Å². The van der Waals surface area contributed by atoms with Gasteiger partial charge in [0.15, 0.2) is 0 Å². The Bertz CT molecular complexity index is 658. The number of nitrogens with two attached hydrogens (primary N) is 1. The van der Waals surface area contributed by atoms with Crippen LogP contribution in [0.15, 0.2) is 29.3 Å². The first kappa shape index (κ1) is 15.4. The van der Waals surface area contributed by atoms with Crippen LogP contribution in [0.5, 0.6) is 0 Å². The minimum Gasteiger partial charge on any atom is -0.462 e. The highest BCUT2D eigenvalue weighted by Crippen LogP contribution is 2.26. The molecule has 1 aromatic heterocycles. The number of carbonyl (C=O) groups excluding carboxylic acids is 1. The molecule has 0 spiro atoms. The number of anilines is 1. The lowest BCUT2D eigenvalue weighted by Crippen LogP contribution is -2.10. The van der Waals surface area contributed by atoms with E-state index in [1.54, 1.807) is 25.3 Å². The molecule has 5 nitrogen and oxygen atoms in total. The van der Waals surface area contributed by atoms with Crippen molar-refractivity contribution in [2.75, 3.05) is 18.6 Å². The molecule has 0 aliphatic heterocycles. The minimum atomic E-state index is -0.496. The Labute approximate surface area is 126 Å². The summed E-state index contributed by atoms with van der Waals surface area (Å²) in [6.45, 7) is 2.28. The van der Waals surface area contributed by atoms with Crippen molar-refractivity contribution < 1.29 is 13.9 Å². The van der Waals surface area contributed by atoms with E-state index in [9.17, 15) is 9.18 Å². The maximum absolute atomic E-state index is 13.2. The third-order valence-electron chi connectivity index (χ3n) is 2.85. The number of benzene rings is 1. The average Bonchev–Trinajstić information content (AvgIpc) is 2.76. The van der Waals surface area contributed by atoms with Gasteiger partial charge in [0.05, 0.1) is 13.2 Å². The molecule has 0 unspecified atom stereocenters. The summed E-state index contributed by atoms with van der Waals surface area (Å²) in [7, 11) is 0. The van der Waals surface area contributed by atoms with E-state index in [1.165, 1.54) is 28.6 Å². The number of hydrogen-bond donors (Lipinski definition) is 1. The highest BCUT2D eigenvalue weighted by molar-refractivity contribution is 7.98. The van der Waals surface area contributed by atoms with Gasteiger partial charge in [-0.25, -0.2) is 13.9 Å². The van der Waals surface area contributed by atoms with E-state index >= 15 is 0 Å². The van der Waals surface area contributed by atoms with Crippen LogP contribution in [0.2, 0.25) is 0 Å². The number of aromatic nitrogens is 2. The SMILES string of the molecule is CCOC(=O)c1c(SC)nn(Cc2cccc(F)c2)c1N. The predicted octanol–water partition coefficient (Wildman–Crippen LogP) is 2.55. The third-order valence-corrected chi connectivity index (χ3v) is 3.53. The molecular formula is C14H16FN3O2S. The standard InChI is InChI=1S/C14H16FN3O2S/c1-3-20-14(19)11-12(16)18(17-13(11)21-2)8-9-5-4-6-10(15)7-9/h4-7H,3,8,16H2,1-2H3. The van der Waals surface area contributed by atoms with E-state index < -0.39 is 5.97 Å². The molecule has 1 heterocycles. The summed E-state index contributed by atoms with van der Waals surface area (Å²) in [6, 6.07) is 6.16. The maximum atomic E-state index is 13.2. The van der Waals surface area contributed by atoms with Gasteiger partial charge in [0.25, 0.3) is 0 Å². The molecule has 0 amide bonds. The second kappa shape index (κ2) is 6.62. The van der Waals surface area contributed by atoms with Crippen LogP contribution in [0.4, 0.5) is 10.2 Å². The van der Waals surface area contributed by atoms with Gasteiger partial charge in [-0.15, -0.1) is 11.8 Å². The largest absolute Gasteiger partial charge is 0.462 e. The lowest BCUT2D eigenvalue weighted by atomic mass is 10.2. The Morgan fingerprint density at radius 2 is 2.29 bits per heavy atom. The topological polar surface area (TPSA) is 70.1 Å². The van der Waals surface area contributed by atoms with Crippen molar-refractivity contribution in [1.29, 1.82) is 0 Å². The second-order valence-electron chi connectivity index (χ2n) is 4.28. The van der Waals surface area contributed by atoms with Gasteiger partial charge in [-0.2, -0.15) is 5.10 Å². The first-order valence-corrected chi connectivity index (χ1v) is 7.61.